The van der Waals surface area contributed by atoms with E-state index in [1.807, 2.05) is 19.1 Å². The molecule has 0 fully saturated rings. The zero-order valence-corrected chi connectivity index (χ0v) is 26.4. The molecule has 0 saturated heterocycles. The quantitative estimate of drug-likeness (QED) is 0.168. The van der Waals surface area contributed by atoms with Crippen LogP contribution in [0.5, 0.6) is 0 Å². The van der Waals surface area contributed by atoms with Gasteiger partial charge in [-0.25, -0.2) is 14.8 Å². The molecule has 0 spiro atoms. The van der Waals surface area contributed by atoms with Crippen molar-refractivity contribution in [1.82, 2.24) is 24.5 Å². The lowest BCUT2D eigenvalue weighted by molar-refractivity contribution is -0.136. The highest BCUT2D eigenvalue weighted by atomic mass is 32.1. The molecular formula is C34H31N7O5S. The summed E-state index contributed by atoms with van der Waals surface area (Å²) in [6.45, 7) is 3.94. The van der Waals surface area contributed by atoms with Gasteiger partial charge in [0.2, 0.25) is 11.9 Å². The second-order valence-electron chi connectivity index (χ2n) is 11.2. The van der Waals surface area contributed by atoms with Gasteiger partial charge in [-0.1, -0.05) is 67.5 Å². The van der Waals surface area contributed by atoms with Crippen LogP contribution in [0.1, 0.15) is 63.9 Å². The fourth-order valence-corrected chi connectivity index (χ4v) is 6.34. The normalized spacial score (nSPS) is 13.4. The number of hydrogen-bond donors (Lipinski definition) is 4. The Morgan fingerprint density at radius 2 is 1.79 bits per heavy atom. The van der Waals surface area contributed by atoms with Gasteiger partial charge in [-0.05, 0) is 41.2 Å². The monoisotopic (exact) mass is 649 g/mol. The van der Waals surface area contributed by atoms with E-state index >= 15 is 0 Å². The van der Waals surface area contributed by atoms with Gasteiger partial charge in [0.25, 0.3) is 5.56 Å². The number of rotatable bonds is 10. The molecule has 0 radical (unpaired) electrons. The number of aromatic nitrogens is 5. The van der Waals surface area contributed by atoms with Gasteiger partial charge in [-0.15, -0.1) is 11.3 Å². The molecule has 1 aliphatic rings. The molecule has 5 aromatic rings. The summed E-state index contributed by atoms with van der Waals surface area (Å²) in [6, 6.07) is 14.0. The Labute approximate surface area is 272 Å². The number of carboxylic acid groups (broad SMARTS) is 1. The Bertz CT molecular complexity index is 2150. The Balaban J connectivity index is 1.31. The van der Waals surface area contributed by atoms with Crippen molar-refractivity contribution in [3.05, 3.63) is 126 Å². The number of fused-ring (bicyclic) bond motifs is 2. The minimum Gasteiger partial charge on any atom is -0.481 e. The number of anilines is 2. The largest absolute Gasteiger partial charge is 0.481 e. The highest BCUT2D eigenvalue weighted by Gasteiger charge is 2.27. The number of carbonyl (C=O) groups is 2. The lowest BCUT2D eigenvalue weighted by Gasteiger charge is -2.22. The van der Waals surface area contributed by atoms with Gasteiger partial charge in [0.15, 0.2) is 5.13 Å². The topological polar surface area (TPSA) is 172 Å². The van der Waals surface area contributed by atoms with Crippen LogP contribution in [0.3, 0.4) is 0 Å². The molecule has 1 unspecified atom stereocenters. The summed E-state index contributed by atoms with van der Waals surface area (Å²) in [5.74, 6) is -1.66. The van der Waals surface area contributed by atoms with Crippen LogP contribution in [0.25, 0.3) is 18.0 Å². The molecular weight excluding hydrogens is 618 g/mol. The summed E-state index contributed by atoms with van der Waals surface area (Å²) in [4.78, 5) is 65.3. The first-order valence-electron chi connectivity index (χ1n) is 15.0. The van der Waals surface area contributed by atoms with Crippen LogP contribution >= 0.6 is 11.3 Å². The van der Waals surface area contributed by atoms with E-state index in [1.54, 1.807) is 5.38 Å². The minimum atomic E-state index is -1.02. The molecule has 6 rings (SSSR count). The van der Waals surface area contributed by atoms with E-state index in [4.69, 9.17) is 5.11 Å². The fraction of sp³-hybridized carbons (Fsp3) is 0.206. The zero-order valence-electron chi connectivity index (χ0n) is 25.6. The number of nitrogens with zero attached hydrogens (tertiary/aromatic N) is 4. The van der Waals surface area contributed by atoms with Gasteiger partial charge in [0, 0.05) is 35.3 Å². The number of thiazole rings is 1. The number of H-pyrrole nitrogens is 1. The van der Waals surface area contributed by atoms with Crippen LogP contribution in [-0.2, 0) is 22.4 Å². The summed E-state index contributed by atoms with van der Waals surface area (Å²) < 4.78 is 1.26. The summed E-state index contributed by atoms with van der Waals surface area (Å²) in [5.41, 5.74) is 5.74. The van der Waals surface area contributed by atoms with Crippen LogP contribution in [0.15, 0.2) is 69.8 Å². The number of nitrogens with one attached hydrogen (secondary N) is 3. The predicted molar refractivity (Wildman–Crippen MR) is 180 cm³/mol. The number of benzene rings is 2. The molecule has 3 aromatic heterocycles. The number of aliphatic carboxylic acids is 1. The molecule has 0 aliphatic heterocycles. The first kappa shape index (κ1) is 31.3. The molecule has 0 bridgehead atoms. The maximum Gasteiger partial charge on any atom is 0.334 e. The van der Waals surface area contributed by atoms with E-state index < -0.39 is 29.0 Å². The van der Waals surface area contributed by atoms with Crippen molar-refractivity contribution < 1.29 is 14.7 Å². The zero-order chi connectivity index (χ0) is 33.1. The number of carboxylic acids is 1. The summed E-state index contributed by atoms with van der Waals surface area (Å²) >= 11 is 1.12. The summed E-state index contributed by atoms with van der Waals surface area (Å²) in [7, 11) is 0. The average molecular weight is 650 g/mol. The third kappa shape index (κ3) is 6.94. The fourth-order valence-electron chi connectivity index (χ4n) is 5.61. The molecule has 13 heteroatoms. The average Bonchev–Trinajstić information content (AvgIpc) is 3.40. The maximum absolute atomic E-state index is 13.5. The smallest absolute Gasteiger partial charge is 0.334 e. The van der Waals surface area contributed by atoms with Crippen molar-refractivity contribution in [3.8, 4) is 5.82 Å². The molecule has 238 valence electrons. The molecule has 3 heterocycles. The molecule has 12 nitrogen and oxygen atoms in total. The molecule has 2 aromatic carbocycles. The maximum atomic E-state index is 13.5. The standard InChI is InChI=1S/C34H31N7O5S/c1-3-4-20-6-10-25-22(14-20)8-7-21-13-19(2)5-9-24(21)30(25)26-17-41(34(46)40-31(26)45)27-11-12-35-32(38-27)36-16-28(42)39-33-37-23(18-47-33)15-29(43)44/h5-14,17-18,30H,3-4,15-16H2,1-2H3,(H,43,44)(H,35,36,38)(H,37,39,42)(H,40,45,46). The molecule has 4 N–H and O–H groups in total. The van der Waals surface area contributed by atoms with E-state index in [1.165, 1.54) is 28.6 Å². The second-order valence-corrected chi connectivity index (χ2v) is 12.0. The van der Waals surface area contributed by atoms with Gasteiger partial charge in [-0.3, -0.25) is 23.9 Å². The SMILES string of the molecule is CCCc1ccc2c(c1)C=Cc1cc(C)ccc1C2c1cn(-c2ccnc(NCC(=O)Nc3nc(CC(=O)O)cs3)n2)c(=O)[nH]c1=O. The minimum absolute atomic E-state index is 0.0799. The van der Waals surface area contributed by atoms with Crippen LogP contribution < -0.4 is 21.9 Å². The Morgan fingerprint density at radius 3 is 2.55 bits per heavy atom. The number of amides is 1. The summed E-state index contributed by atoms with van der Waals surface area (Å²) in [6.07, 6.45) is 8.83. The van der Waals surface area contributed by atoms with Crippen LogP contribution in [0.4, 0.5) is 11.1 Å². The highest BCUT2D eigenvalue weighted by Crippen LogP contribution is 2.38. The molecule has 1 atom stereocenters. The summed E-state index contributed by atoms with van der Waals surface area (Å²) in [5, 5.41) is 16.2. The van der Waals surface area contributed by atoms with E-state index in [-0.39, 0.29) is 29.9 Å². The third-order valence-electron chi connectivity index (χ3n) is 7.70. The van der Waals surface area contributed by atoms with E-state index in [0.717, 1.165) is 52.0 Å². The van der Waals surface area contributed by atoms with Gasteiger partial charge in [0.1, 0.15) is 5.82 Å². The Kier molecular flexibility index (Phi) is 8.89. The molecule has 1 amide bonds. The third-order valence-corrected chi connectivity index (χ3v) is 8.51. The lowest BCUT2D eigenvalue weighted by Crippen LogP contribution is -2.33. The van der Waals surface area contributed by atoms with Gasteiger partial charge in [-0.2, -0.15) is 4.98 Å². The van der Waals surface area contributed by atoms with Crippen molar-refractivity contribution in [2.45, 2.75) is 39.0 Å². The van der Waals surface area contributed by atoms with Crippen LogP contribution in [0.2, 0.25) is 0 Å². The first-order valence-corrected chi connectivity index (χ1v) is 15.9. The molecule has 0 saturated carbocycles. The number of carbonyl (C=O) groups excluding carboxylic acids is 1. The Morgan fingerprint density at radius 1 is 1.02 bits per heavy atom. The van der Waals surface area contributed by atoms with Crippen molar-refractivity contribution >= 4 is 46.4 Å². The van der Waals surface area contributed by atoms with Crippen molar-refractivity contribution in [1.29, 1.82) is 0 Å². The van der Waals surface area contributed by atoms with Crippen molar-refractivity contribution in [2.24, 2.45) is 0 Å². The van der Waals surface area contributed by atoms with Crippen LogP contribution in [0, 0.1) is 6.92 Å². The number of aromatic amines is 1. The van der Waals surface area contributed by atoms with Gasteiger partial charge < -0.3 is 15.7 Å². The predicted octanol–water partition coefficient (Wildman–Crippen LogP) is 4.37. The van der Waals surface area contributed by atoms with Crippen molar-refractivity contribution in [2.75, 3.05) is 17.2 Å². The number of hydrogen-bond acceptors (Lipinski definition) is 9. The molecule has 1 aliphatic carbocycles. The lowest BCUT2D eigenvalue weighted by atomic mass is 9.82. The highest BCUT2D eigenvalue weighted by molar-refractivity contribution is 7.13. The van der Waals surface area contributed by atoms with Crippen LogP contribution in [-0.4, -0.2) is 48.0 Å². The second kappa shape index (κ2) is 13.3. The van der Waals surface area contributed by atoms with E-state index in [9.17, 15) is 19.2 Å². The van der Waals surface area contributed by atoms with Crippen molar-refractivity contribution in [3.63, 3.8) is 0 Å². The first-order chi connectivity index (χ1) is 22.7. The number of aryl methyl sites for hydroxylation is 2. The van der Waals surface area contributed by atoms with E-state index in [2.05, 4.69) is 73.9 Å². The molecule has 47 heavy (non-hydrogen) atoms. The van der Waals surface area contributed by atoms with Gasteiger partial charge in [0.05, 0.1) is 18.7 Å². The van der Waals surface area contributed by atoms with E-state index in [0.29, 0.717) is 11.3 Å². The Hall–Kier alpha value is -5.69. The van der Waals surface area contributed by atoms with Gasteiger partial charge >= 0.3 is 11.7 Å².